The fraction of sp³-hybridized carbons (Fsp3) is 0.462. The highest BCUT2D eigenvalue weighted by molar-refractivity contribution is 14.1. The molecule has 1 fully saturated rings. The molecule has 1 aromatic rings. The minimum Gasteiger partial charge on any atom is -0.348 e. The largest absolute Gasteiger partial charge is 0.348 e. The first kappa shape index (κ1) is 12.8. The molecule has 1 amide bonds. The molecule has 0 aliphatic carbocycles. The Balaban J connectivity index is 1.94. The van der Waals surface area contributed by atoms with Crippen molar-refractivity contribution >= 4 is 28.5 Å². The fourth-order valence-electron chi connectivity index (χ4n) is 2.15. The SMILES string of the molecule is CN1CCCC(NC(=O)c2ccc(I)cc2)C1. The van der Waals surface area contributed by atoms with Gasteiger partial charge in [-0.15, -0.1) is 0 Å². The molecule has 1 aliphatic heterocycles. The first-order valence-electron chi connectivity index (χ1n) is 5.90. The Morgan fingerprint density at radius 1 is 1.41 bits per heavy atom. The van der Waals surface area contributed by atoms with Gasteiger partial charge in [0.1, 0.15) is 0 Å². The minimum absolute atomic E-state index is 0.0432. The molecule has 1 atom stereocenters. The number of hydrogen-bond donors (Lipinski definition) is 1. The number of hydrogen-bond acceptors (Lipinski definition) is 2. The molecule has 0 spiro atoms. The Morgan fingerprint density at radius 3 is 2.76 bits per heavy atom. The van der Waals surface area contributed by atoms with E-state index in [-0.39, 0.29) is 5.91 Å². The van der Waals surface area contributed by atoms with Crippen molar-refractivity contribution in [1.29, 1.82) is 0 Å². The van der Waals surface area contributed by atoms with E-state index < -0.39 is 0 Å². The van der Waals surface area contributed by atoms with Crippen molar-refractivity contribution in [3.05, 3.63) is 33.4 Å². The molecule has 4 heteroatoms. The lowest BCUT2D eigenvalue weighted by Crippen LogP contribution is -2.46. The van der Waals surface area contributed by atoms with Gasteiger partial charge in [-0.3, -0.25) is 4.79 Å². The van der Waals surface area contributed by atoms with Crippen LogP contribution in [0.25, 0.3) is 0 Å². The molecule has 0 saturated carbocycles. The Bertz CT molecular complexity index is 391. The van der Waals surface area contributed by atoms with Crippen molar-refractivity contribution in [2.45, 2.75) is 18.9 Å². The monoisotopic (exact) mass is 344 g/mol. The predicted molar refractivity (Wildman–Crippen MR) is 77.1 cm³/mol. The van der Waals surface area contributed by atoms with Gasteiger partial charge >= 0.3 is 0 Å². The molecule has 1 N–H and O–H groups in total. The summed E-state index contributed by atoms with van der Waals surface area (Å²) in [5.74, 6) is 0.0432. The van der Waals surface area contributed by atoms with E-state index in [0.29, 0.717) is 6.04 Å². The second-order valence-corrected chi connectivity index (χ2v) is 5.83. The molecule has 1 aliphatic rings. The van der Waals surface area contributed by atoms with Crippen LogP contribution >= 0.6 is 22.6 Å². The van der Waals surface area contributed by atoms with Gasteiger partial charge in [0.15, 0.2) is 0 Å². The van der Waals surface area contributed by atoms with Gasteiger partial charge in [-0.25, -0.2) is 0 Å². The lowest BCUT2D eigenvalue weighted by atomic mass is 10.1. The quantitative estimate of drug-likeness (QED) is 0.834. The number of benzene rings is 1. The van der Waals surface area contributed by atoms with Gasteiger partial charge in [0, 0.05) is 21.7 Å². The van der Waals surface area contributed by atoms with Gasteiger partial charge in [-0.05, 0) is 73.3 Å². The first-order valence-corrected chi connectivity index (χ1v) is 6.98. The Kier molecular flexibility index (Phi) is 4.39. The van der Waals surface area contributed by atoms with Crippen LogP contribution < -0.4 is 5.32 Å². The summed E-state index contributed by atoms with van der Waals surface area (Å²) in [5, 5.41) is 3.10. The highest BCUT2D eigenvalue weighted by atomic mass is 127. The summed E-state index contributed by atoms with van der Waals surface area (Å²) in [6.07, 6.45) is 2.24. The number of nitrogens with one attached hydrogen (secondary N) is 1. The normalized spacial score (nSPS) is 21.2. The number of likely N-dealkylation sites (tertiary alicyclic amines) is 1. The molecule has 17 heavy (non-hydrogen) atoms. The summed E-state index contributed by atoms with van der Waals surface area (Å²) in [7, 11) is 2.10. The first-order chi connectivity index (χ1) is 8.15. The van der Waals surface area contributed by atoms with E-state index in [4.69, 9.17) is 0 Å². The van der Waals surface area contributed by atoms with E-state index in [2.05, 4.69) is 39.9 Å². The van der Waals surface area contributed by atoms with Crippen molar-refractivity contribution in [2.75, 3.05) is 20.1 Å². The van der Waals surface area contributed by atoms with Gasteiger partial charge in [0.05, 0.1) is 0 Å². The molecule has 92 valence electrons. The molecule has 1 aromatic carbocycles. The summed E-state index contributed by atoms with van der Waals surface area (Å²) < 4.78 is 1.15. The van der Waals surface area contributed by atoms with E-state index >= 15 is 0 Å². The molecule has 2 rings (SSSR count). The third-order valence-electron chi connectivity index (χ3n) is 3.07. The highest BCUT2D eigenvalue weighted by Crippen LogP contribution is 2.10. The maximum absolute atomic E-state index is 12.0. The van der Waals surface area contributed by atoms with Crippen LogP contribution in [0.15, 0.2) is 24.3 Å². The summed E-state index contributed by atoms with van der Waals surface area (Å²) in [6.45, 7) is 2.09. The van der Waals surface area contributed by atoms with Gasteiger partial charge < -0.3 is 10.2 Å². The smallest absolute Gasteiger partial charge is 0.251 e. The highest BCUT2D eigenvalue weighted by Gasteiger charge is 2.19. The van der Waals surface area contributed by atoms with Crippen LogP contribution in [0.2, 0.25) is 0 Å². The Labute approximate surface area is 116 Å². The van der Waals surface area contributed by atoms with Crippen molar-refractivity contribution in [2.24, 2.45) is 0 Å². The zero-order valence-electron chi connectivity index (χ0n) is 9.95. The molecule has 3 nitrogen and oxygen atoms in total. The van der Waals surface area contributed by atoms with Gasteiger partial charge in [0.25, 0.3) is 5.91 Å². The van der Waals surface area contributed by atoms with Crippen molar-refractivity contribution < 1.29 is 4.79 Å². The molecular formula is C13H17IN2O. The molecule has 0 bridgehead atoms. The number of halogens is 1. The maximum atomic E-state index is 12.0. The second-order valence-electron chi connectivity index (χ2n) is 4.58. The number of rotatable bonds is 2. The third kappa shape index (κ3) is 3.67. The molecular weight excluding hydrogens is 327 g/mol. The summed E-state index contributed by atoms with van der Waals surface area (Å²) >= 11 is 2.24. The number of amides is 1. The molecule has 0 radical (unpaired) electrons. The van der Waals surface area contributed by atoms with Crippen LogP contribution in [0, 0.1) is 3.57 Å². The van der Waals surface area contributed by atoms with Crippen LogP contribution in [-0.2, 0) is 0 Å². The topological polar surface area (TPSA) is 32.3 Å². The number of carbonyl (C=O) groups is 1. The van der Waals surface area contributed by atoms with Crippen molar-refractivity contribution in [1.82, 2.24) is 10.2 Å². The predicted octanol–water partition coefficient (Wildman–Crippen LogP) is 2.12. The average molecular weight is 344 g/mol. The van der Waals surface area contributed by atoms with E-state index in [0.717, 1.165) is 35.1 Å². The molecule has 0 aromatic heterocycles. The van der Waals surface area contributed by atoms with Crippen LogP contribution in [0.1, 0.15) is 23.2 Å². The van der Waals surface area contributed by atoms with Crippen molar-refractivity contribution in [3.63, 3.8) is 0 Å². The van der Waals surface area contributed by atoms with Crippen LogP contribution in [0.3, 0.4) is 0 Å². The zero-order chi connectivity index (χ0) is 12.3. The van der Waals surface area contributed by atoms with E-state index in [1.54, 1.807) is 0 Å². The molecule has 1 heterocycles. The minimum atomic E-state index is 0.0432. The van der Waals surface area contributed by atoms with Crippen LogP contribution in [0.4, 0.5) is 0 Å². The Morgan fingerprint density at radius 2 is 2.12 bits per heavy atom. The summed E-state index contributed by atoms with van der Waals surface area (Å²) in [6, 6.07) is 7.97. The van der Waals surface area contributed by atoms with Crippen LogP contribution in [0.5, 0.6) is 0 Å². The number of likely N-dealkylation sites (N-methyl/N-ethyl adjacent to an activating group) is 1. The van der Waals surface area contributed by atoms with Gasteiger partial charge in [0.2, 0.25) is 0 Å². The number of piperidine rings is 1. The standard InChI is InChI=1S/C13H17IN2O/c1-16-8-2-3-12(9-16)15-13(17)10-4-6-11(14)7-5-10/h4-7,12H,2-3,8-9H2,1H3,(H,15,17). The average Bonchev–Trinajstić information content (AvgIpc) is 2.29. The molecule has 1 saturated heterocycles. The zero-order valence-corrected chi connectivity index (χ0v) is 12.1. The Hall–Kier alpha value is -0.620. The van der Waals surface area contributed by atoms with E-state index in [9.17, 15) is 4.79 Å². The lowest BCUT2D eigenvalue weighted by Gasteiger charge is -2.30. The third-order valence-corrected chi connectivity index (χ3v) is 3.79. The second kappa shape index (κ2) is 5.82. The van der Waals surface area contributed by atoms with E-state index in [1.807, 2.05) is 24.3 Å². The maximum Gasteiger partial charge on any atom is 0.251 e. The van der Waals surface area contributed by atoms with Crippen LogP contribution in [-0.4, -0.2) is 37.0 Å². The van der Waals surface area contributed by atoms with Gasteiger partial charge in [-0.2, -0.15) is 0 Å². The molecule has 1 unspecified atom stereocenters. The summed E-state index contributed by atoms with van der Waals surface area (Å²) in [4.78, 5) is 14.3. The van der Waals surface area contributed by atoms with Crippen molar-refractivity contribution in [3.8, 4) is 0 Å². The summed E-state index contributed by atoms with van der Waals surface area (Å²) in [5.41, 5.74) is 0.749. The number of nitrogens with zero attached hydrogens (tertiary/aromatic N) is 1. The number of carbonyl (C=O) groups excluding carboxylic acids is 1. The van der Waals surface area contributed by atoms with Gasteiger partial charge in [-0.1, -0.05) is 0 Å². The fourth-order valence-corrected chi connectivity index (χ4v) is 2.51. The lowest BCUT2D eigenvalue weighted by molar-refractivity contribution is 0.0912. The van der Waals surface area contributed by atoms with E-state index in [1.165, 1.54) is 0 Å².